The summed E-state index contributed by atoms with van der Waals surface area (Å²) >= 11 is 1.76. The van der Waals surface area contributed by atoms with Gasteiger partial charge in [0.05, 0.1) is 0 Å². The summed E-state index contributed by atoms with van der Waals surface area (Å²) in [6, 6.07) is 3.58. The summed E-state index contributed by atoms with van der Waals surface area (Å²) in [6.45, 7) is 2.01. The third-order valence-electron chi connectivity index (χ3n) is 2.12. The number of hydrogen-bond donors (Lipinski definition) is 1. The van der Waals surface area contributed by atoms with Crippen molar-refractivity contribution >= 4 is 23.3 Å². The number of hydrogen-bond acceptors (Lipinski definition) is 5. The van der Waals surface area contributed by atoms with Crippen molar-refractivity contribution in [2.75, 3.05) is 17.3 Å². The summed E-state index contributed by atoms with van der Waals surface area (Å²) in [7, 11) is 0. The molecule has 0 aliphatic heterocycles. The smallest absolute Gasteiger partial charge is 0.376 e. The van der Waals surface area contributed by atoms with Gasteiger partial charge in [-0.2, -0.15) is 11.8 Å². The van der Waals surface area contributed by atoms with Crippen LogP contribution in [0.5, 0.6) is 0 Å². The van der Waals surface area contributed by atoms with Crippen LogP contribution in [0, 0.1) is 10.1 Å². The Morgan fingerprint density at radius 3 is 3.06 bits per heavy atom. The highest BCUT2D eigenvalue weighted by Gasteiger charge is 2.15. The van der Waals surface area contributed by atoms with Gasteiger partial charge in [0, 0.05) is 6.04 Å². The van der Waals surface area contributed by atoms with Crippen LogP contribution in [0.4, 0.5) is 11.5 Å². The van der Waals surface area contributed by atoms with Gasteiger partial charge in [-0.25, -0.2) is 0 Å². The van der Waals surface area contributed by atoms with Crippen LogP contribution in [0.15, 0.2) is 18.3 Å². The molecule has 1 rings (SSSR count). The molecule has 88 valence electrons. The zero-order valence-corrected chi connectivity index (χ0v) is 10.2. The van der Waals surface area contributed by atoms with E-state index < -0.39 is 4.92 Å². The molecule has 0 fully saturated rings. The third-order valence-corrected chi connectivity index (χ3v) is 2.76. The second-order valence-corrected chi connectivity index (χ2v) is 4.44. The van der Waals surface area contributed by atoms with Crippen LogP contribution in [0.25, 0.3) is 0 Å². The molecule has 0 saturated heterocycles. The molecule has 0 aliphatic rings. The Kier molecular flexibility index (Phi) is 5.04. The predicted octanol–water partition coefficient (Wildman–Crippen LogP) is 2.54. The van der Waals surface area contributed by atoms with Crippen LogP contribution in [0.1, 0.15) is 13.3 Å². The normalized spacial score (nSPS) is 12.1. The molecule has 0 aliphatic carbocycles. The van der Waals surface area contributed by atoms with Gasteiger partial charge < -0.3 is 15.4 Å². The van der Waals surface area contributed by atoms with E-state index in [-0.39, 0.29) is 11.9 Å². The van der Waals surface area contributed by atoms with Crippen molar-refractivity contribution in [1.29, 1.82) is 0 Å². The maximum atomic E-state index is 10.7. The molecule has 0 amide bonds. The molecule has 1 heterocycles. The minimum atomic E-state index is -0.469. The van der Waals surface area contributed by atoms with Crippen LogP contribution in [-0.2, 0) is 0 Å². The van der Waals surface area contributed by atoms with Gasteiger partial charge in [0.15, 0.2) is 0 Å². The van der Waals surface area contributed by atoms with Crippen LogP contribution < -0.4 is 5.32 Å². The van der Waals surface area contributed by atoms with Crippen LogP contribution >= 0.6 is 11.8 Å². The number of nitrogens with zero attached hydrogens (tertiary/aromatic N) is 2. The van der Waals surface area contributed by atoms with Crippen molar-refractivity contribution in [3.05, 3.63) is 28.4 Å². The van der Waals surface area contributed by atoms with Gasteiger partial charge in [0.1, 0.15) is 11.9 Å². The van der Waals surface area contributed by atoms with E-state index in [4.69, 9.17) is 0 Å². The fourth-order valence-electron chi connectivity index (χ4n) is 1.29. The molecule has 1 atom stereocenters. The predicted molar refractivity (Wildman–Crippen MR) is 67.0 cm³/mol. The topological polar surface area (TPSA) is 68.1 Å². The minimum absolute atomic E-state index is 0.112. The summed E-state index contributed by atoms with van der Waals surface area (Å²) < 4.78 is 0. The third kappa shape index (κ3) is 3.69. The Balaban J connectivity index is 2.69. The fraction of sp³-hybridized carbons (Fsp3) is 0.500. The largest absolute Gasteiger partial charge is 0.386 e. The molecule has 1 unspecified atom stereocenters. The monoisotopic (exact) mass is 241 g/mol. The van der Waals surface area contributed by atoms with E-state index >= 15 is 0 Å². The summed E-state index contributed by atoms with van der Waals surface area (Å²) in [5, 5.41) is 13.8. The van der Waals surface area contributed by atoms with Crippen molar-refractivity contribution in [2.24, 2.45) is 0 Å². The van der Waals surface area contributed by atoms with E-state index in [2.05, 4.69) is 10.3 Å². The number of nitro groups is 1. The maximum Gasteiger partial charge on any atom is 0.386 e. The van der Waals surface area contributed by atoms with E-state index in [1.54, 1.807) is 23.9 Å². The number of nitrogens with one attached hydrogen (secondary N) is 1. The van der Waals surface area contributed by atoms with Crippen LogP contribution in [0.2, 0.25) is 0 Å². The standard InChI is InChI=1S/C10H15N3O2S/c1-8(5-7-16-2)12-9-4-3-6-11-10(9)13(14)15/h3-4,6,8,12H,5,7H2,1-2H3. The van der Waals surface area contributed by atoms with Crippen molar-refractivity contribution in [1.82, 2.24) is 4.98 Å². The van der Waals surface area contributed by atoms with E-state index in [0.717, 1.165) is 12.2 Å². The Labute approximate surface area is 98.8 Å². The van der Waals surface area contributed by atoms with Gasteiger partial charge in [-0.1, -0.05) is 0 Å². The van der Waals surface area contributed by atoms with E-state index in [0.29, 0.717) is 5.69 Å². The van der Waals surface area contributed by atoms with Crippen molar-refractivity contribution < 1.29 is 4.92 Å². The molecular weight excluding hydrogens is 226 g/mol. The molecule has 16 heavy (non-hydrogen) atoms. The average molecular weight is 241 g/mol. The van der Waals surface area contributed by atoms with Gasteiger partial charge in [-0.05, 0) is 47.4 Å². The molecule has 0 aromatic carbocycles. The Morgan fingerprint density at radius 2 is 2.44 bits per heavy atom. The molecule has 1 aromatic rings. The number of anilines is 1. The minimum Gasteiger partial charge on any atom is -0.376 e. The van der Waals surface area contributed by atoms with Gasteiger partial charge >= 0.3 is 5.82 Å². The highest BCUT2D eigenvalue weighted by molar-refractivity contribution is 7.98. The highest BCUT2D eigenvalue weighted by atomic mass is 32.2. The Morgan fingerprint density at radius 1 is 1.69 bits per heavy atom. The molecule has 0 radical (unpaired) electrons. The molecule has 0 saturated carbocycles. The summed E-state index contributed by atoms with van der Waals surface area (Å²) in [5.41, 5.74) is 0.487. The Hall–Kier alpha value is -1.30. The first-order valence-corrected chi connectivity index (χ1v) is 6.39. The Bertz CT molecular complexity index is 360. The molecule has 0 bridgehead atoms. The SMILES string of the molecule is CSCCC(C)Nc1cccnc1[N+](=O)[O-]. The van der Waals surface area contributed by atoms with Crippen molar-refractivity contribution in [3.8, 4) is 0 Å². The van der Waals surface area contributed by atoms with Gasteiger partial charge in [-0.15, -0.1) is 0 Å². The van der Waals surface area contributed by atoms with E-state index in [1.807, 2.05) is 13.2 Å². The zero-order valence-electron chi connectivity index (χ0n) is 9.34. The van der Waals surface area contributed by atoms with Gasteiger partial charge in [0.2, 0.25) is 0 Å². The summed E-state index contributed by atoms with van der Waals surface area (Å²) in [6.07, 6.45) is 4.43. The lowest BCUT2D eigenvalue weighted by Crippen LogP contribution is -2.17. The lowest BCUT2D eigenvalue weighted by Gasteiger charge is -2.13. The fourth-order valence-corrected chi connectivity index (χ4v) is 1.88. The van der Waals surface area contributed by atoms with Crippen molar-refractivity contribution in [2.45, 2.75) is 19.4 Å². The van der Waals surface area contributed by atoms with Gasteiger partial charge in [0.25, 0.3) is 0 Å². The highest BCUT2D eigenvalue weighted by Crippen LogP contribution is 2.21. The quantitative estimate of drug-likeness (QED) is 0.612. The molecule has 1 aromatic heterocycles. The van der Waals surface area contributed by atoms with Gasteiger partial charge in [-0.3, -0.25) is 0 Å². The average Bonchev–Trinajstić information content (AvgIpc) is 2.27. The van der Waals surface area contributed by atoms with E-state index in [1.165, 1.54) is 6.20 Å². The number of thioether (sulfide) groups is 1. The van der Waals surface area contributed by atoms with Crippen LogP contribution in [-0.4, -0.2) is 28.0 Å². The molecule has 5 nitrogen and oxygen atoms in total. The number of pyridine rings is 1. The van der Waals surface area contributed by atoms with Crippen molar-refractivity contribution in [3.63, 3.8) is 0 Å². The molecule has 6 heteroatoms. The lowest BCUT2D eigenvalue weighted by atomic mass is 10.2. The first-order valence-electron chi connectivity index (χ1n) is 5.00. The first-order chi connectivity index (χ1) is 7.65. The second-order valence-electron chi connectivity index (χ2n) is 3.46. The molecule has 0 spiro atoms. The van der Waals surface area contributed by atoms with Crippen LogP contribution in [0.3, 0.4) is 0 Å². The van der Waals surface area contributed by atoms with E-state index in [9.17, 15) is 10.1 Å². The molecule has 1 N–H and O–H groups in total. The second kappa shape index (κ2) is 6.32. The molecular formula is C10H15N3O2S. The number of aromatic nitrogens is 1. The lowest BCUT2D eigenvalue weighted by molar-refractivity contribution is -0.388. The number of rotatable bonds is 6. The summed E-state index contributed by atoms with van der Waals surface area (Å²) in [4.78, 5) is 14.0. The first kappa shape index (κ1) is 12.8. The summed E-state index contributed by atoms with van der Waals surface area (Å²) in [5.74, 6) is 0.917. The maximum absolute atomic E-state index is 10.7. The zero-order chi connectivity index (χ0) is 12.0.